The number of aromatic nitrogens is 2. The number of H-pyrrole nitrogens is 1. The number of carbonyl (C=O) groups excluding carboxylic acids is 1. The molecule has 1 N–H and O–H groups in total. The summed E-state index contributed by atoms with van der Waals surface area (Å²) < 4.78 is 5.39. The lowest BCUT2D eigenvalue weighted by Gasteiger charge is -2.08. The highest BCUT2D eigenvalue weighted by atomic mass is 16.5. The van der Waals surface area contributed by atoms with Gasteiger partial charge in [-0.2, -0.15) is 5.26 Å². The second-order valence-electron chi connectivity index (χ2n) is 5.39. The Morgan fingerprint density at radius 3 is 2.86 bits per heavy atom. The molecule has 0 fully saturated rings. The summed E-state index contributed by atoms with van der Waals surface area (Å²) in [6, 6.07) is 9.50. The summed E-state index contributed by atoms with van der Waals surface area (Å²) in [5.74, 6) is -0.185. The summed E-state index contributed by atoms with van der Waals surface area (Å²) in [7, 11) is 0. The third-order valence-electron chi connectivity index (χ3n) is 3.08. The van der Waals surface area contributed by atoms with Crippen LogP contribution in [-0.2, 0) is 9.53 Å². The molecule has 0 amide bonds. The molecule has 2 rings (SSSR count). The molecule has 0 bridgehead atoms. The Bertz CT molecular complexity index is 622. The van der Waals surface area contributed by atoms with Crippen LogP contribution in [0.5, 0.6) is 0 Å². The first kappa shape index (κ1) is 15.2. The molecule has 21 heavy (non-hydrogen) atoms. The number of fused-ring (bicyclic) bond motifs is 1. The lowest BCUT2D eigenvalue weighted by molar-refractivity contribution is -0.120. The van der Waals surface area contributed by atoms with Crippen LogP contribution in [0.3, 0.4) is 0 Å². The van der Waals surface area contributed by atoms with E-state index in [9.17, 15) is 10.1 Å². The molecule has 2 aromatic rings. The molecule has 0 aliphatic heterocycles. The van der Waals surface area contributed by atoms with Crippen molar-refractivity contribution in [2.75, 3.05) is 13.2 Å². The summed E-state index contributed by atoms with van der Waals surface area (Å²) in [5, 5.41) is 9.25. The fourth-order valence-electron chi connectivity index (χ4n) is 2.03. The fraction of sp³-hybridized carbons (Fsp3) is 0.438. The first-order valence-corrected chi connectivity index (χ1v) is 7.06. The topological polar surface area (TPSA) is 78.8 Å². The SMILES string of the molecule is CC(C)COCCC(=O)C(C#N)c1nc2ccccc2[nH]1. The number of carbonyl (C=O) groups is 1. The van der Waals surface area contributed by atoms with Crippen molar-refractivity contribution >= 4 is 16.8 Å². The summed E-state index contributed by atoms with van der Waals surface area (Å²) in [5.41, 5.74) is 1.59. The van der Waals surface area contributed by atoms with E-state index in [-0.39, 0.29) is 12.2 Å². The number of Topliss-reactive ketones (excluding diaryl/α,β-unsaturated/α-hetero) is 1. The maximum atomic E-state index is 12.1. The molecule has 1 unspecified atom stereocenters. The molecule has 0 saturated heterocycles. The molecule has 5 nitrogen and oxygen atoms in total. The molecular formula is C16H19N3O2. The van der Waals surface area contributed by atoms with E-state index < -0.39 is 5.92 Å². The predicted octanol–water partition coefficient (Wildman–Crippen LogP) is 2.80. The van der Waals surface area contributed by atoms with Gasteiger partial charge in [-0.1, -0.05) is 26.0 Å². The molecule has 0 aliphatic carbocycles. The van der Waals surface area contributed by atoms with Gasteiger partial charge in [-0.25, -0.2) is 4.98 Å². The average Bonchev–Trinajstić information content (AvgIpc) is 2.87. The van der Waals surface area contributed by atoms with Crippen molar-refractivity contribution in [2.24, 2.45) is 5.92 Å². The van der Waals surface area contributed by atoms with Gasteiger partial charge in [0, 0.05) is 13.0 Å². The Morgan fingerprint density at radius 1 is 1.43 bits per heavy atom. The Hall–Kier alpha value is -2.19. The largest absolute Gasteiger partial charge is 0.381 e. The molecule has 0 radical (unpaired) electrons. The highest BCUT2D eigenvalue weighted by Gasteiger charge is 2.23. The van der Waals surface area contributed by atoms with Crippen LogP contribution in [-0.4, -0.2) is 29.0 Å². The van der Waals surface area contributed by atoms with Crippen molar-refractivity contribution < 1.29 is 9.53 Å². The predicted molar refractivity (Wildman–Crippen MR) is 79.7 cm³/mol. The third-order valence-corrected chi connectivity index (χ3v) is 3.08. The van der Waals surface area contributed by atoms with E-state index in [2.05, 4.69) is 9.97 Å². The van der Waals surface area contributed by atoms with E-state index >= 15 is 0 Å². The Balaban J connectivity index is 2.02. The van der Waals surface area contributed by atoms with Gasteiger partial charge >= 0.3 is 0 Å². The van der Waals surface area contributed by atoms with Crippen molar-refractivity contribution in [1.82, 2.24) is 9.97 Å². The number of nitriles is 1. The van der Waals surface area contributed by atoms with Crippen LogP contribution in [0, 0.1) is 17.2 Å². The van der Waals surface area contributed by atoms with E-state index in [1.807, 2.05) is 44.2 Å². The van der Waals surface area contributed by atoms with Gasteiger partial charge in [-0.05, 0) is 18.1 Å². The molecule has 1 heterocycles. The number of hydrogen-bond acceptors (Lipinski definition) is 4. The zero-order valence-electron chi connectivity index (χ0n) is 12.3. The second-order valence-corrected chi connectivity index (χ2v) is 5.39. The normalized spacial score (nSPS) is 12.5. The van der Waals surface area contributed by atoms with Gasteiger partial charge in [0.15, 0.2) is 11.7 Å². The molecule has 1 atom stereocenters. The van der Waals surface area contributed by atoms with Crippen LogP contribution in [0.2, 0.25) is 0 Å². The first-order chi connectivity index (χ1) is 10.1. The van der Waals surface area contributed by atoms with Gasteiger partial charge in [0.1, 0.15) is 5.82 Å². The highest BCUT2D eigenvalue weighted by molar-refractivity contribution is 5.88. The molecule has 110 valence electrons. The number of nitrogens with zero attached hydrogens (tertiary/aromatic N) is 2. The van der Waals surface area contributed by atoms with E-state index in [0.29, 0.717) is 25.0 Å². The Morgan fingerprint density at radius 2 is 2.19 bits per heavy atom. The number of para-hydroxylation sites is 2. The van der Waals surface area contributed by atoms with Crippen molar-refractivity contribution in [2.45, 2.75) is 26.2 Å². The van der Waals surface area contributed by atoms with Crippen molar-refractivity contribution in [3.05, 3.63) is 30.1 Å². The molecule has 0 aliphatic rings. The molecule has 0 spiro atoms. The lowest BCUT2D eigenvalue weighted by atomic mass is 10.0. The Kier molecular flexibility index (Phi) is 5.07. The summed E-state index contributed by atoms with van der Waals surface area (Å²) in [4.78, 5) is 19.5. The number of benzene rings is 1. The number of rotatable bonds is 7. The van der Waals surface area contributed by atoms with Gasteiger partial charge in [0.05, 0.1) is 23.7 Å². The van der Waals surface area contributed by atoms with Crippen LogP contribution in [0.15, 0.2) is 24.3 Å². The van der Waals surface area contributed by atoms with Crippen LogP contribution in [0.4, 0.5) is 0 Å². The average molecular weight is 285 g/mol. The minimum absolute atomic E-state index is 0.166. The van der Waals surface area contributed by atoms with Gasteiger partial charge in [-0.3, -0.25) is 4.79 Å². The lowest BCUT2D eigenvalue weighted by Crippen LogP contribution is -2.15. The van der Waals surface area contributed by atoms with E-state index in [0.717, 1.165) is 11.0 Å². The van der Waals surface area contributed by atoms with Crippen molar-refractivity contribution in [3.63, 3.8) is 0 Å². The van der Waals surface area contributed by atoms with Crippen molar-refractivity contribution in [3.8, 4) is 6.07 Å². The number of ether oxygens (including phenoxy) is 1. The Labute approximate surface area is 123 Å². The van der Waals surface area contributed by atoms with E-state index in [4.69, 9.17) is 4.74 Å². The minimum Gasteiger partial charge on any atom is -0.381 e. The van der Waals surface area contributed by atoms with E-state index in [1.54, 1.807) is 0 Å². The smallest absolute Gasteiger partial charge is 0.162 e. The standard InChI is InChI=1S/C16H19N3O2/c1-11(2)10-21-8-7-15(20)12(9-17)16-18-13-5-3-4-6-14(13)19-16/h3-6,11-12H,7-8,10H2,1-2H3,(H,18,19). The monoisotopic (exact) mass is 285 g/mol. The molecule has 0 saturated carbocycles. The van der Waals surface area contributed by atoms with Crippen molar-refractivity contribution in [1.29, 1.82) is 5.26 Å². The minimum atomic E-state index is -0.861. The van der Waals surface area contributed by atoms with Crippen LogP contribution in [0.25, 0.3) is 11.0 Å². The van der Waals surface area contributed by atoms with Gasteiger partial charge in [0.25, 0.3) is 0 Å². The maximum absolute atomic E-state index is 12.1. The first-order valence-electron chi connectivity index (χ1n) is 7.06. The zero-order valence-corrected chi connectivity index (χ0v) is 12.3. The van der Waals surface area contributed by atoms with Crippen LogP contribution >= 0.6 is 0 Å². The van der Waals surface area contributed by atoms with Gasteiger partial charge in [0.2, 0.25) is 0 Å². The van der Waals surface area contributed by atoms with Crippen LogP contribution in [0.1, 0.15) is 32.0 Å². The highest BCUT2D eigenvalue weighted by Crippen LogP contribution is 2.19. The second kappa shape index (κ2) is 7.00. The number of ketones is 1. The van der Waals surface area contributed by atoms with Gasteiger partial charge < -0.3 is 9.72 Å². The zero-order chi connectivity index (χ0) is 15.2. The van der Waals surface area contributed by atoms with E-state index in [1.165, 1.54) is 0 Å². The molecular weight excluding hydrogens is 266 g/mol. The molecule has 1 aromatic carbocycles. The fourth-order valence-corrected chi connectivity index (χ4v) is 2.03. The summed E-state index contributed by atoms with van der Waals surface area (Å²) >= 11 is 0. The number of imidazole rings is 1. The van der Waals surface area contributed by atoms with Gasteiger partial charge in [-0.15, -0.1) is 0 Å². The molecule has 5 heteroatoms. The maximum Gasteiger partial charge on any atom is 0.162 e. The third kappa shape index (κ3) is 3.89. The quantitative estimate of drug-likeness (QED) is 0.793. The summed E-state index contributed by atoms with van der Waals surface area (Å²) in [6.45, 7) is 5.06. The molecule has 1 aromatic heterocycles. The number of nitrogens with one attached hydrogen (secondary N) is 1. The summed E-state index contributed by atoms with van der Waals surface area (Å²) in [6.07, 6.45) is 0.224. The van der Waals surface area contributed by atoms with Crippen LogP contribution < -0.4 is 0 Å². The number of hydrogen-bond donors (Lipinski definition) is 1. The number of aromatic amines is 1.